The van der Waals surface area contributed by atoms with Crippen LogP contribution in [0.1, 0.15) is 45.4 Å². The van der Waals surface area contributed by atoms with Crippen molar-refractivity contribution < 1.29 is 19.5 Å². The van der Waals surface area contributed by atoms with Gasteiger partial charge in [-0.15, -0.1) is 0 Å². The molecule has 2 amide bonds. The number of carboxylic acid groups (broad SMARTS) is 1. The van der Waals surface area contributed by atoms with Crippen molar-refractivity contribution in [2.24, 2.45) is 5.92 Å². The molecule has 1 unspecified atom stereocenters. The Bertz CT molecular complexity index is 338. The smallest absolute Gasteiger partial charge is 0.303 e. The monoisotopic (exact) mass is 270 g/mol. The molecular formula is C13H22N2O4. The van der Waals surface area contributed by atoms with E-state index in [1.807, 2.05) is 0 Å². The number of hydrogen-bond donors (Lipinski definition) is 3. The lowest BCUT2D eigenvalue weighted by molar-refractivity contribution is -0.137. The summed E-state index contributed by atoms with van der Waals surface area (Å²) >= 11 is 0. The summed E-state index contributed by atoms with van der Waals surface area (Å²) in [5.41, 5.74) is 0. The van der Waals surface area contributed by atoms with Gasteiger partial charge >= 0.3 is 5.97 Å². The second-order valence-electron chi connectivity index (χ2n) is 5.00. The van der Waals surface area contributed by atoms with E-state index in [9.17, 15) is 14.4 Å². The van der Waals surface area contributed by atoms with E-state index in [1.165, 1.54) is 0 Å². The van der Waals surface area contributed by atoms with Gasteiger partial charge in [0.2, 0.25) is 11.8 Å². The molecule has 1 fully saturated rings. The summed E-state index contributed by atoms with van der Waals surface area (Å²) in [6.07, 6.45) is 4.38. The lowest BCUT2D eigenvalue weighted by Crippen LogP contribution is -2.46. The Kier molecular flexibility index (Phi) is 6.32. The van der Waals surface area contributed by atoms with Crippen LogP contribution < -0.4 is 10.6 Å². The van der Waals surface area contributed by atoms with Crippen LogP contribution in [-0.4, -0.2) is 35.5 Å². The van der Waals surface area contributed by atoms with Crippen molar-refractivity contribution in [2.45, 2.75) is 51.5 Å². The van der Waals surface area contributed by atoms with Gasteiger partial charge in [-0.05, 0) is 26.2 Å². The zero-order valence-electron chi connectivity index (χ0n) is 11.3. The molecule has 19 heavy (non-hydrogen) atoms. The van der Waals surface area contributed by atoms with Crippen molar-refractivity contribution in [1.82, 2.24) is 10.6 Å². The Morgan fingerprint density at radius 2 is 1.89 bits per heavy atom. The summed E-state index contributed by atoms with van der Waals surface area (Å²) in [5.74, 6) is -1.15. The minimum Gasteiger partial charge on any atom is -0.481 e. The first-order chi connectivity index (χ1) is 9.00. The standard InChI is InChI=1S/C13H22N2O4/c1-9(12(18)14-8-4-7-11(16)17)15-13(19)10-5-2-3-6-10/h9-10H,2-8H2,1H3,(H,14,18)(H,15,19)(H,16,17). The molecule has 0 aliphatic heterocycles. The van der Waals surface area contributed by atoms with E-state index in [0.29, 0.717) is 13.0 Å². The fraction of sp³-hybridized carbons (Fsp3) is 0.769. The number of rotatable bonds is 7. The Labute approximate surface area is 112 Å². The molecule has 1 aliphatic carbocycles. The van der Waals surface area contributed by atoms with Crippen molar-refractivity contribution in [3.8, 4) is 0 Å². The van der Waals surface area contributed by atoms with Crippen molar-refractivity contribution in [3.05, 3.63) is 0 Å². The summed E-state index contributed by atoms with van der Waals surface area (Å²) in [7, 11) is 0. The molecule has 0 aromatic carbocycles. The Hall–Kier alpha value is -1.59. The molecule has 0 heterocycles. The van der Waals surface area contributed by atoms with E-state index in [2.05, 4.69) is 10.6 Å². The number of carboxylic acids is 1. The third-order valence-corrected chi connectivity index (χ3v) is 3.34. The maximum absolute atomic E-state index is 11.8. The number of carbonyl (C=O) groups excluding carboxylic acids is 2. The maximum Gasteiger partial charge on any atom is 0.303 e. The zero-order chi connectivity index (χ0) is 14.3. The molecule has 108 valence electrons. The molecule has 0 radical (unpaired) electrons. The number of amides is 2. The molecule has 6 heteroatoms. The van der Waals surface area contributed by atoms with E-state index >= 15 is 0 Å². The molecule has 1 aliphatic rings. The van der Waals surface area contributed by atoms with Gasteiger partial charge in [0.1, 0.15) is 6.04 Å². The van der Waals surface area contributed by atoms with Crippen LogP contribution >= 0.6 is 0 Å². The molecule has 0 aromatic heterocycles. The lowest BCUT2D eigenvalue weighted by Gasteiger charge is -2.16. The van der Waals surface area contributed by atoms with Crippen LogP contribution in [0.25, 0.3) is 0 Å². The summed E-state index contributed by atoms with van der Waals surface area (Å²) in [5, 5.41) is 13.8. The van der Waals surface area contributed by atoms with Crippen molar-refractivity contribution in [3.63, 3.8) is 0 Å². The highest BCUT2D eigenvalue weighted by Crippen LogP contribution is 2.24. The largest absolute Gasteiger partial charge is 0.481 e. The predicted molar refractivity (Wildman–Crippen MR) is 69.4 cm³/mol. The first-order valence-electron chi connectivity index (χ1n) is 6.80. The van der Waals surface area contributed by atoms with Gasteiger partial charge in [-0.2, -0.15) is 0 Å². The van der Waals surface area contributed by atoms with Crippen LogP contribution in [0.5, 0.6) is 0 Å². The highest BCUT2D eigenvalue weighted by atomic mass is 16.4. The molecular weight excluding hydrogens is 248 g/mol. The van der Waals surface area contributed by atoms with Gasteiger partial charge in [-0.1, -0.05) is 12.8 Å². The zero-order valence-corrected chi connectivity index (χ0v) is 11.3. The van der Waals surface area contributed by atoms with Crippen LogP contribution in [0.3, 0.4) is 0 Å². The van der Waals surface area contributed by atoms with E-state index in [-0.39, 0.29) is 24.2 Å². The quantitative estimate of drug-likeness (QED) is 0.592. The van der Waals surface area contributed by atoms with Crippen LogP contribution in [-0.2, 0) is 14.4 Å². The second kappa shape index (κ2) is 7.76. The SMILES string of the molecule is CC(NC(=O)C1CCCC1)C(=O)NCCCC(=O)O. The van der Waals surface area contributed by atoms with Gasteiger partial charge in [-0.25, -0.2) is 0 Å². The van der Waals surface area contributed by atoms with Crippen LogP contribution in [0, 0.1) is 5.92 Å². The number of carbonyl (C=O) groups is 3. The third kappa shape index (κ3) is 5.72. The highest BCUT2D eigenvalue weighted by molar-refractivity contribution is 5.88. The van der Waals surface area contributed by atoms with Crippen molar-refractivity contribution >= 4 is 17.8 Å². The molecule has 0 bridgehead atoms. The van der Waals surface area contributed by atoms with Gasteiger partial charge in [0, 0.05) is 18.9 Å². The predicted octanol–water partition coefficient (Wildman–Crippen LogP) is 0.662. The molecule has 0 saturated heterocycles. The Morgan fingerprint density at radius 3 is 2.47 bits per heavy atom. The second-order valence-corrected chi connectivity index (χ2v) is 5.00. The number of aliphatic carboxylic acids is 1. The number of hydrogen-bond acceptors (Lipinski definition) is 3. The summed E-state index contributed by atoms with van der Waals surface area (Å²) in [4.78, 5) is 33.8. The average Bonchev–Trinajstić information content (AvgIpc) is 2.87. The first kappa shape index (κ1) is 15.5. The topological polar surface area (TPSA) is 95.5 Å². The van der Waals surface area contributed by atoms with Gasteiger partial charge in [0.05, 0.1) is 0 Å². The first-order valence-corrected chi connectivity index (χ1v) is 6.80. The molecule has 0 aromatic rings. The van der Waals surface area contributed by atoms with Gasteiger partial charge in [-0.3, -0.25) is 14.4 Å². The molecule has 1 atom stereocenters. The highest BCUT2D eigenvalue weighted by Gasteiger charge is 2.25. The molecule has 1 rings (SSSR count). The summed E-state index contributed by atoms with van der Waals surface area (Å²) < 4.78 is 0. The van der Waals surface area contributed by atoms with E-state index in [4.69, 9.17) is 5.11 Å². The van der Waals surface area contributed by atoms with Gasteiger partial charge < -0.3 is 15.7 Å². The van der Waals surface area contributed by atoms with E-state index in [0.717, 1.165) is 25.7 Å². The Morgan fingerprint density at radius 1 is 1.26 bits per heavy atom. The normalized spacial score (nSPS) is 16.9. The average molecular weight is 270 g/mol. The van der Waals surface area contributed by atoms with E-state index in [1.54, 1.807) is 6.92 Å². The molecule has 6 nitrogen and oxygen atoms in total. The van der Waals surface area contributed by atoms with Crippen LogP contribution in [0.4, 0.5) is 0 Å². The summed E-state index contributed by atoms with van der Waals surface area (Å²) in [6, 6.07) is -0.571. The Balaban J connectivity index is 2.20. The van der Waals surface area contributed by atoms with Crippen molar-refractivity contribution in [2.75, 3.05) is 6.54 Å². The molecule has 1 saturated carbocycles. The summed E-state index contributed by atoms with van der Waals surface area (Å²) in [6.45, 7) is 1.95. The number of nitrogens with one attached hydrogen (secondary N) is 2. The third-order valence-electron chi connectivity index (χ3n) is 3.34. The van der Waals surface area contributed by atoms with Gasteiger partial charge in [0.25, 0.3) is 0 Å². The van der Waals surface area contributed by atoms with Crippen molar-refractivity contribution in [1.29, 1.82) is 0 Å². The fourth-order valence-corrected chi connectivity index (χ4v) is 2.19. The molecule has 0 spiro atoms. The maximum atomic E-state index is 11.8. The van der Waals surface area contributed by atoms with Crippen LogP contribution in [0.2, 0.25) is 0 Å². The van der Waals surface area contributed by atoms with Gasteiger partial charge in [0.15, 0.2) is 0 Å². The fourth-order valence-electron chi connectivity index (χ4n) is 2.19. The minimum atomic E-state index is -0.878. The lowest BCUT2D eigenvalue weighted by atomic mass is 10.1. The molecule has 3 N–H and O–H groups in total. The van der Waals surface area contributed by atoms with E-state index < -0.39 is 12.0 Å². The van der Waals surface area contributed by atoms with Crippen LogP contribution in [0.15, 0.2) is 0 Å². The minimum absolute atomic E-state index is 0.0308.